The van der Waals surface area contributed by atoms with Gasteiger partial charge in [-0.15, -0.1) is 10.2 Å². The van der Waals surface area contributed by atoms with Crippen molar-refractivity contribution in [1.82, 2.24) is 24.5 Å². The van der Waals surface area contributed by atoms with Gasteiger partial charge in [-0.3, -0.25) is 9.20 Å². The Bertz CT molecular complexity index is 928. The first-order valence-corrected chi connectivity index (χ1v) is 8.98. The second-order valence-electron chi connectivity index (χ2n) is 6.49. The molecule has 0 aliphatic carbocycles. The van der Waals surface area contributed by atoms with Gasteiger partial charge in [-0.25, -0.2) is 0 Å². The number of benzene rings is 1. The Morgan fingerprint density at radius 3 is 2.50 bits per heavy atom. The molecule has 0 spiro atoms. The van der Waals surface area contributed by atoms with E-state index < -0.39 is 0 Å². The molecule has 2 aromatic heterocycles. The number of piperazine rings is 1. The van der Waals surface area contributed by atoms with Crippen LogP contribution in [0.2, 0.25) is 0 Å². The summed E-state index contributed by atoms with van der Waals surface area (Å²) < 4.78 is 2.00. The molecule has 7 heteroatoms. The summed E-state index contributed by atoms with van der Waals surface area (Å²) in [7, 11) is 0. The number of anilines is 1. The van der Waals surface area contributed by atoms with E-state index in [0.717, 1.165) is 42.4 Å². The van der Waals surface area contributed by atoms with Gasteiger partial charge in [0, 0.05) is 43.5 Å². The number of rotatable bonds is 3. The monoisotopic (exact) mass is 350 g/mol. The predicted molar refractivity (Wildman–Crippen MR) is 99.5 cm³/mol. The van der Waals surface area contributed by atoms with Gasteiger partial charge in [-0.2, -0.15) is 4.98 Å². The average Bonchev–Trinajstić information content (AvgIpc) is 3.08. The van der Waals surface area contributed by atoms with Crippen molar-refractivity contribution in [1.29, 1.82) is 0 Å². The first kappa shape index (κ1) is 16.5. The van der Waals surface area contributed by atoms with E-state index in [4.69, 9.17) is 0 Å². The molecule has 1 fully saturated rings. The number of hydrogen-bond donors (Lipinski definition) is 0. The maximum absolute atomic E-state index is 12.6. The Morgan fingerprint density at radius 1 is 1.08 bits per heavy atom. The highest BCUT2D eigenvalue weighted by atomic mass is 16.2. The van der Waals surface area contributed by atoms with E-state index >= 15 is 0 Å². The van der Waals surface area contributed by atoms with Crippen LogP contribution >= 0.6 is 0 Å². The van der Waals surface area contributed by atoms with Crippen LogP contribution in [0.3, 0.4) is 0 Å². The first-order valence-electron chi connectivity index (χ1n) is 8.98. The molecule has 1 aliphatic heterocycles. The van der Waals surface area contributed by atoms with Gasteiger partial charge in [0.15, 0.2) is 0 Å². The highest BCUT2D eigenvalue weighted by molar-refractivity contribution is 5.94. The van der Waals surface area contributed by atoms with Gasteiger partial charge in [-0.05, 0) is 25.5 Å². The van der Waals surface area contributed by atoms with Gasteiger partial charge >= 0.3 is 0 Å². The molecule has 0 saturated carbocycles. The lowest BCUT2D eigenvalue weighted by Gasteiger charge is -2.35. The second kappa shape index (κ2) is 6.74. The molecule has 26 heavy (non-hydrogen) atoms. The molecule has 0 atom stereocenters. The maximum atomic E-state index is 12.6. The Labute approximate surface area is 152 Å². The molecule has 0 unspecified atom stereocenters. The van der Waals surface area contributed by atoms with E-state index in [1.807, 2.05) is 46.6 Å². The minimum absolute atomic E-state index is 0.0935. The fourth-order valence-electron chi connectivity index (χ4n) is 3.43. The molecule has 1 aliphatic rings. The maximum Gasteiger partial charge on any atom is 0.257 e. The van der Waals surface area contributed by atoms with E-state index in [0.29, 0.717) is 18.9 Å². The van der Waals surface area contributed by atoms with Gasteiger partial charge in [0.1, 0.15) is 11.6 Å². The average molecular weight is 350 g/mol. The van der Waals surface area contributed by atoms with Crippen LogP contribution in [0.25, 0.3) is 5.78 Å². The molecule has 1 amide bonds. The standard InChI is InChI=1S/C19H22N6O/c1-3-16-13-17(20-19-22-21-14(2)25(16)19)23-9-11-24(12-10-23)18(26)15-7-5-4-6-8-15/h4-8,13H,3,9-12H2,1-2H3. The number of amides is 1. The molecule has 0 bridgehead atoms. The third-order valence-electron chi connectivity index (χ3n) is 4.88. The Balaban J connectivity index is 1.51. The van der Waals surface area contributed by atoms with Crippen molar-refractivity contribution in [2.24, 2.45) is 0 Å². The zero-order valence-electron chi connectivity index (χ0n) is 15.1. The van der Waals surface area contributed by atoms with Gasteiger partial charge in [0.25, 0.3) is 11.7 Å². The topological polar surface area (TPSA) is 66.6 Å². The van der Waals surface area contributed by atoms with Gasteiger partial charge in [-0.1, -0.05) is 25.1 Å². The minimum atomic E-state index is 0.0935. The second-order valence-corrected chi connectivity index (χ2v) is 6.49. The Morgan fingerprint density at radius 2 is 1.81 bits per heavy atom. The number of aromatic nitrogens is 4. The molecule has 3 aromatic rings. The molecule has 1 saturated heterocycles. The van der Waals surface area contributed by atoms with Crippen LogP contribution in [0.1, 0.15) is 28.8 Å². The van der Waals surface area contributed by atoms with Crippen molar-refractivity contribution in [3.8, 4) is 0 Å². The van der Waals surface area contributed by atoms with E-state index in [9.17, 15) is 4.79 Å². The number of hydrogen-bond acceptors (Lipinski definition) is 5. The third-order valence-corrected chi connectivity index (χ3v) is 4.88. The fraction of sp³-hybridized carbons (Fsp3) is 0.368. The van der Waals surface area contributed by atoms with Crippen molar-refractivity contribution < 1.29 is 4.79 Å². The van der Waals surface area contributed by atoms with Crippen LogP contribution in [-0.4, -0.2) is 56.6 Å². The molecule has 0 radical (unpaired) electrons. The Kier molecular flexibility index (Phi) is 4.28. The highest BCUT2D eigenvalue weighted by Gasteiger charge is 2.23. The number of aryl methyl sites for hydroxylation is 2. The summed E-state index contributed by atoms with van der Waals surface area (Å²) in [6.45, 7) is 6.96. The van der Waals surface area contributed by atoms with Gasteiger partial charge in [0.2, 0.25) is 0 Å². The predicted octanol–water partition coefficient (Wildman–Crippen LogP) is 1.96. The van der Waals surface area contributed by atoms with E-state index in [1.54, 1.807) is 0 Å². The van der Waals surface area contributed by atoms with Crippen LogP contribution in [-0.2, 0) is 6.42 Å². The normalized spacial score (nSPS) is 14.8. The minimum Gasteiger partial charge on any atom is -0.353 e. The lowest BCUT2D eigenvalue weighted by molar-refractivity contribution is 0.0746. The summed E-state index contributed by atoms with van der Waals surface area (Å²) in [5.74, 6) is 2.50. The first-order chi connectivity index (χ1) is 12.7. The summed E-state index contributed by atoms with van der Waals surface area (Å²) in [4.78, 5) is 21.4. The SMILES string of the molecule is CCc1cc(N2CCN(C(=O)c3ccccc3)CC2)nc2nnc(C)n12. The summed E-state index contributed by atoms with van der Waals surface area (Å²) in [6, 6.07) is 11.6. The zero-order valence-corrected chi connectivity index (χ0v) is 15.1. The largest absolute Gasteiger partial charge is 0.353 e. The highest BCUT2D eigenvalue weighted by Crippen LogP contribution is 2.19. The van der Waals surface area contributed by atoms with Crippen LogP contribution in [0.5, 0.6) is 0 Å². The van der Waals surface area contributed by atoms with Crippen molar-refractivity contribution in [2.45, 2.75) is 20.3 Å². The fourth-order valence-corrected chi connectivity index (χ4v) is 3.43. The Hall–Kier alpha value is -2.96. The molecule has 3 heterocycles. The molecular formula is C19H22N6O. The molecule has 134 valence electrons. The summed E-state index contributed by atoms with van der Waals surface area (Å²) in [6.07, 6.45) is 0.886. The third kappa shape index (κ3) is 2.89. The summed E-state index contributed by atoms with van der Waals surface area (Å²) in [5, 5.41) is 8.31. The van der Waals surface area contributed by atoms with Gasteiger partial charge < -0.3 is 9.80 Å². The lowest BCUT2D eigenvalue weighted by atomic mass is 10.2. The van der Waals surface area contributed by atoms with Crippen molar-refractivity contribution >= 4 is 17.5 Å². The van der Waals surface area contributed by atoms with Crippen molar-refractivity contribution in [2.75, 3.05) is 31.1 Å². The smallest absolute Gasteiger partial charge is 0.257 e. The van der Waals surface area contributed by atoms with Crippen molar-refractivity contribution in [3.63, 3.8) is 0 Å². The number of carbonyl (C=O) groups is 1. The zero-order chi connectivity index (χ0) is 18.1. The van der Waals surface area contributed by atoms with Crippen molar-refractivity contribution in [3.05, 3.63) is 53.5 Å². The van der Waals surface area contributed by atoms with Gasteiger partial charge in [0.05, 0.1) is 0 Å². The lowest BCUT2D eigenvalue weighted by Crippen LogP contribution is -2.49. The van der Waals surface area contributed by atoms with Crippen LogP contribution in [0.4, 0.5) is 5.82 Å². The van der Waals surface area contributed by atoms with E-state index in [-0.39, 0.29) is 5.91 Å². The number of nitrogens with zero attached hydrogens (tertiary/aromatic N) is 6. The number of carbonyl (C=O) groups excluding carboxylic acids is 1. The summed E-state index contributed by atoms with van der Waals surface area (Å²) in [5.41, 5.74) is 1.89. The van der Waals surface area contributed by atoms with Crippen LogP contribution in [0, 0.1) is 6.92 Å². The van der Waals surface area contributed by atoms with Crippen LogP contribution < -0.4 is 4.90 Å². The molecule has 7 nitrogen and oxygen atoms in total. The molecule has 1 aromatic carbocycles. The number of fused-ring (bicyclic) bond motifs is 1. The van der Waals surface area contributed by atoms with Crippen LogP contribution in [0.15, 0.2) is 36.4 Å². The molecule has 0 N–H and O–H groups in total. The molecule has 4 rings (SSSR count). The summed E-state index contributed by atoms with van der Waals surface area (Å²) >= 11 is 0. The van der Waals surface area contributed by atoms with E-state index in [1.165, 1.54) is 0 Å². The van der Waals surface area contributed by atoms with E-state index in [2.05, 4.69) is 33.1 Å². The molecular weight excluding hydrogens is 328 g/mol. The quantitative estimate of drug-likeness (QED) is 0.722.